The van der Waals surface area contributed by atoms with Crippen molar-refractivity contribution in [3.8, 4) is 5.75 Å². The highest BCUT2D eigenvalue weighted by Crippen LogP contribution is 2.28. The molecule has 1 atom stereocenters. The van der Waals surface area contributed by atoms with Crippen molar-refractivity contribution in [2.75, 3.05) is 12.4 Å². The second-order valence-electron chi connectivity index (χ2n) is 10.2. The van der Waals surface area contributed by atoms with Crippen molar-refractivity contribution in [3.05, 3.63) is 76.2 Å². The van der Waals surface area contributed by atoms with E-state index in [4.69, 9.17) is 9.72 Å². The Balaban J connectivity index is 1.58. The second kappa shape index (κ2) is 12.9. The van der Waals surface area contributed by atoms with Crippen molar-refractivity contribution in [3.63, 3.8) is 0 Å². The Bertz CT molecular complexity index is 1390. The number of imidazole rings is 1. The van der Waals surface area contributed by atoms with Crippen LogP contribution >= 0.6 is 11.3 Å². The summed E-state index contributed by atoms with van der Waals surface area (Å²) in [6.45, 7) is 8.46. The summed E-state index contributed by atoms with van der Waals surface area (Å²) in [6, 6.07) is 16.7. The fraction of sp³-hybridized carbons (Fsp3) is 0.387. The average Bonchev–Trinajstić information content (AvgIpc) is 3.57. The first-order valence-electron chi connectivity index (χ1n) is 13.6. The number of nitrogens with zero attached hydrogens (tertiary/aromatic N) is 2. The Morgan fingerprint density at radius 2 is 1.79 bits per heavy atom. The third-order valence-electron chi connectivity index (χ3n) is 6.93. The number of amides is 2. The fourth-order valence-corrected chi connectivity index (χ4v) is 5.59. The molecule has 0 aliphatic heterocycles. The number of hydrogen-bond acceptors (Lipinski definition) is 5. The SMILES string of the molecule is CCC(CC)n1c(Cc2cccs2)nc2cc(C(=O)N[C@@H](CC(C)C)C(=O)Nc3ccc(OC)cc3)ccc21. The van der Waals surface area contributed by atoms with Crippen molar-refractivity contribution in [1.29, 1.82) is 0 Å². The monoisotopic (exact) mass is 546 g/mol. The van der Waals surface area contributed by atoms with Crippen LogP contribution in [0.5, 0.6) is 5.75 Å². The van der Waals surface area contributed by atoms with E-state index in [2.05, 4.69) is 46.6 Å². The number of carbonyl (C=O) groups excluding carboxylic acids is 2. The Morgan fingerprint density at radius 1 is 1.05 bits per heavy atom. The number of hydrogen-bond donors (Lipinski definition) is 2. The Kier molecular flexibility index (Phi) is 9.41. The van der Waals surface area contributed by atoms with E-state index in [0.717, 1.165) is 36.1 Å². The first kappa shape index (κ1) is 28.4. The topological polar surface area (TPSA) is 85.2 Å². The summed E-state index contributed by atoms with van der Waals surface area (Å²) in [4.78, 5) is 32.8. The summed E-state index contributed by atoms with van der Waals surface area (Å²) in [6.07, 6.45) is 3.28. The van der Waals surface area contributed by atoms with Crippen molar-refractivity contribution in [2.24, 2.45) is 5.92 Å². The molecule has 39 heavy (non-hydrogen) atoms. The molecule has 0 aliphatic rings. The smallest absolute Gasteiger partial charge is 0.252 e. The molecule has 2 amide bonds. The van der Waals surface area contributed by atoms with Crippen LogP contribution in [0.4, 0.5) is 5.69 Å². The van der Waals surface area contributed by atoms with Gasteiger partial charge in [0.1, 0.15) is 17.6 Å². The molecule has 2 heterocycles. The predicted octanol–water partition coefficient (Wildman–Crippen LogP) is 6.84. The van der Waals surface area contributed by atoms with Gasteiger partial charge in [-0.2, -0.15) is 0 Å². The number of carbonyl (C=O) groups is 2. The molecule has 0 bridgehead atoms. The summed E-state index contributed by atoms with van der Waals surface area (Å²) < 4.78 is 7.52. The average molecular weight is 547 g/mol. The quantitative estimate of drug-likeness (QED) is 0.204. The van der Waals surface area contributed by atoms with Gasteiger partial charge in [-0.25, -0.2) is 4.98 Å². The van der Waals surface area contributed by atoms with Gasteiger partial charge in [0.2, 0.25) is 5.91 Å². The lowest BCUT2D eigenvalue weighted by Crippen LogP contribution is -2.44. The summed E-state index contributed by atoms with van der Waals surface area (Å²) in [5.74, 6) is 1.40. The van der Waals surface area contributed by atoms with Crippen LogP contribution in [-0.4, -0.2) is 34.5 Å². The first-order valence-corrected chi connectivity index (χ1v) is 14.5. The Labute approximate surface area is 234 Å². The largest absolute Gasteiger partial charge is 0.497 e. The standard InChI is InChI=1S/C31H38N4O3S/c1-6-23(7-2)35-28-15-10-21(18-26(28)33-29(35)19-25-9-8-16-39-25)30(36)34-27(17-20(3)4)31(37)32-22-11-13-24(38-5)14-12-22/h8-16,18,20,23,27H,6-7,17,19H2,1-5H3,(H,32,37)(H,34,36)/t27-/m0/s1. The number of fused-ring (bicyclic) bond motifs is 1. The molecule has 8 heteroatoms. The molecule has 2 aromatic heterocycles. The van der Waals surface area contributed by atoms with Crippen LogP contribution in [0.3, 0.4) is 0 Å². The van der Waals surface area contributed by atoms with E-state index < -0.39 is 6.04 Å². The van der Waals surface area contributed by atoms with E-state index in [1.165, 1.54) is 4.88 Å². The van der Waals surface area contributed by atoms with Gasteiger partial charge < -0.3 is 19.9 Å². The highest BCUT2D eigenvalue weighted by Gasteiger charge is 2.24. The third-order valence-corrected chi connectivity index (χ3v) is 7.81. The number of nitrogens with one attached hydrogen (secondary N) is 2. The highest BCUT2D eigenvalue weighted by molar-refractivity contribution is 7.09. The van der Waals surface area contributed by atoms with Crippen LogP contribution < -0.4 is 15.4 Å². The number of ether oxygens (including phenoxy) is 1. The molecule has 0 radical (unpaired) electrons. The summed E-state index contributed by atoms with van der Waals surface area (Å²) >= 11 is 1.73. The maximum atomic E-state index is 13.4. The lowest BCUT2D eigenvalue weighted by Gasteiger charge is -2.20. The van der Waals surface area contributed by atoms with Crippen LogP contribution in [-0.2, 0) is 11.2 Å². The minimum Gasteiger partial charge on any atom is -0.497 e. The van der Waals surface area contributed by atoms with Crippen LogP contribution in [0.25, 0.3) is 11.0 Å². The van der Waals surface area contributed by atoms with E-state index in [0.29, 0.717) is 29.5 Å². The molecule has 0 unspecified atom stereocenters. The minimum absolute atomic E-state index is 0.218. The number of thiophene rings is 1. The molecule has 7 nitrogen and oxygen atoms in total. The molecule has 0 fully saturated rings. The zero-order valence-electron chi connectivity index (χ0n) is 23.4. The fourth-order valence-electron chi connectivity index (χ4n) is 4.89. The van der Waals surface area contributed by atoms with E-state index >= 15 is 0 Å². The van der Waals surface area contributed by atoms with Gasteiger partial charge in [0.25, 0.3) is 5.91 Å². The molecule has 2 aromatic carbocycles. The van der Waals surface area contributed by atoms with Gasteiger partial charge >= 0.3 is 0 Å². The number of methoxy groups -OCH3 is 1. The first-order chi connectivity index (χ1) is 18.8. The van der Waals surface area contributed by atoms with Crippen LogP contribution in [0.1, 0.15) is 74.1 Å². The van der Waals surface area contributed by atoms with Crippen molar-refractivity contribution >= 4 is 39.9 Å². The Hall–Kier alpha value is -3.65. The zero-order valence-corrected chi connectivity index (χ0v) is 24.2. The number of aromatic nitrogens is 2. The Morgan fingerprint density at radius 3 is 2.41 bits per heavy atom. The van der Waals surface area contributed by atoms with Crippen molar-refractivity contribution in [1.82, 2.24) is 14.9 Å². The number of benzene rings is 2. The molecular formula is C31H38N4O3S. The van der Waals surface area contributed by atoms with Crippen molar-refractivity contribution < 1.29 is 14.3 Å². The summed E-state index contributed by atoms with van der Waals surface area (Å²) in [5, 5.41) is 7.97. The lowest BCUT2D eigenvalue weighted by molar-refractivity contribution is -0.118. The highest BCUT2D eigenvalue weighted by atomic mass is 32.1. The van der Waals surface area contributed by atoms with Gasteiger partial charge in [-0.15, -0.1) is 11.3 Å². The zero-order chi connectivity index (χ0) is 27.9. The summed E-state index contributed by atoms with van der Waals surface area (Å²) in [7, 11) is 1.60. The molecule has 4 aromatic rings. The lowest BCUT2D eigenvalue weighted by atomic mass is 10.0. The van der Waals surface area contributed by atoms with E-state index in [-0.39, 0.29) is 17.7 Å². The number of rotatable bonds is 12. The third kappa shape index (κ3) is 6.87. The molecule has 0 spiro atoms. The van der Waals surface area contributed by atoms with E-state index in [1.54, 1.807) is 42.7 Å². The van der Waals surface area contributed by atoms with Gasteiger partial charge in [-0.1, -0.05) is 33.8 Å². The maximum Gasteiger partial charge on any atom is 0.252 e. The molecule has 0 saturated carbocycles. The van der Waals surface area contributed by atoms with Gasteiger partial charge in [0, 0.05) is 28.6 Å². The van der Waals surface area contributed by atoms with Crippen LogP contribution in [0, 0.1) is 5.92 Å². The van der Waals surface area contributed by atoms with Gasteiger partial charge in [0.15, 0.2) is 0 Å². The number of anilines is 1. The van der Waals surface area contributed by atoms with E-state index in [1.807, 2.05) is 32.0 Å². The van der Waals surface area contributed by atoms with Gasteiger partial charge in [-0.05, 0) is 79.1 Å². The predicted molar refractivity (Wildman–Crippen MR) is 159 cm³/mol. The van der Waals surface area contributed by atoms with Crippen LogP contribution in [0.2, 0.25) is 0 Å². The molecular weight excluding hydrogens is 508 g/mol. The van der Waals surface area contributed by atoms with Gasteiger partial charge in [0.05, 0.1) is 18.1 Å². The van der Waals surface area contributed by atoms with Crippen molar-refractivity contribution in [2.45, 2.75) is 65.5 Å². The maximum absolute atomic E-state index is 13.4. The molecule has 4 rings (SSSR count). The molecule has 2 N–H and O–H groups in total. The second-order valence-corrected chi connectivity index (χ2v) is 11.2. The van der Waals surface area contributed by atoms with Gasteiger partial charge in [-0.3, -0.25) is 9.59 Å². The molecule has 0 saturated heterocycles. The van der Waals surface area contributed by atoms with E-state index in [9.17, 15) is 9.59 Å². The molecule has 0 aliphatic carbocycles. The minimum atomic E-state index is -0.674. The molecule has 206 valence electrons. The normalized spacial score (nSPS) is 12.2. The van der Waals surface area contributed by atoms with Crippen LogP contribution in [0.15, 0.2) is 60.0 Å². The summed E-state index contributed by atoms with van der Waals surface area (Å²) in [5.41, 5.74) is 2.97.